The van der Waals surface area contributed by atoms with Crippen LogP contribution in [0.5, 0.6) is 0 Å². The van der Waals surface area contributed by atoms with E-state index in [-0.39, 0.29) is 19.4 Å². The number of phosphoric ester groups is 1. The average molecular weight is 871 g/mol. The maximum absolute atomic E-state index is 12.6. The number of allylic oxidation sites excluding steroid dienone is 6. The summed E-state index contributed by atoms with van der Waals surface area (Å²) in [6, 6.07) is 0. The Morgan fingerprint density at radius 2 is 0.867 bits per heavy atom. The highest BCUT2D eigenvalue weighted by Gasteiger charge is 2.27. The Kier molecular flexibility index (Phi) is 43.9. The second kappa shape index (κ2) is 45.2. The summed E-state index contributed by atoms with van der Waals surface area (Å²) in [5.74, 6) is -0.941. The second-order valence-corrected chi connectivity index (χ2v) is 17.9. The number of hydrogen-bond acceptors (Lipinski definition) is 9. The Hall–Kier alpha value is -1.81. The normalized spacial score (nSPS) is 14.0. The number of aliphatic hydroxyl groups excluding tert-OH is 2. The van der Waals surface area contributed by atoms with Crippen LogP contribution in [-0.2, 0) is 32.7 Å². The van der Waals surface area contributed by atoms with Crippen molar-refractivity contribution < 1.29 is 47.8 Å². The summed E-state index contributed by atoms with van der Waals surface area (Å²) in [6.45, 7) is 2.36. The van der Waals surface area contributed by atoms with Gasteiger partial charge in [-0.2, -0.15) is 0 Å². The summed E-state index contributed by atoms with van der Waals surface area (Å²) in [5, 5.41) is 18.4. The van der Waals surface area contributed by atoms with Gasteiger partial charge >= 0.3 is 19.8 Å². The van der Waals surface area contributed by atoms with Crippen LogP contribution in [0.15, 0.2) is 36.5 Å². The summed E-state index contributed by atoms with van der Waals surface area (Å²) in [5.41, 5.74) is 0. The molecule has 0 aliphatic carbocycles. The number of ether oxygens (including phenoxy) is 2. The predicted octanol–water partition coefficient (Wildman–Crippen LogP) is 13.5. The average Bonchev–Trinajstić information content (AvgIpc) is 3.24. The van der Waals surface area contributed by atoms with Crippen molar-refractivity contribution in [2.75, 3.05) is 26.4 Å². The van der Waals surface area contributed by atoms with Gasteiger partial charge in [-0.15, -0.1) is 0 Å². The molecule has 0 aliphatic heterocycles. The number of carbonyl (C=O) groups is 2. The molecule has 0 aromatic heterocycles. The van der Waals surface area contributed by atoms with Gasteiger partial charge in [0.15, 0.2) is 6.10 Å². The fourth-order valence-electron chi connectivity index (χ4n) is 6.77. The van der Waals surface area contributed by atoms with Gasteiger partial charge in [-0.3, -0.25) is 18.6 Å². The number of phosphoric acid groups is 1. The van der Waals surface area contributed by atoms with Crippen LogP contribution in [0.2, 0.25) is 0 Å². The zero-order valence-corrected chi connectivity index (χ0v) is 39.3. The number of unbranched alkanes of at least 4 members (excludes halogenated alkanes) is 26. The monoisotopic (exact) mass is 871 g/mol. The molecule has 60 heavy (non-hydrogen) atoms. The van der Waals surface area contributed by atoms with Gasteiger partial charge < -0.3 is 24.6 Å². The third-order valence-electron chi connectivity index (χ3n) is 10.5. The van der Waals surface area contributed by atoms with Gasteiger partial charge in [0.25, 0.3) is 0 Å². The molecular formula is C49H91O10P. The Morgan fingerprint density at radius 3 is 1.33 bits per heavy atom. The van der Waals surface area contributed by atoms with E-state index in [1.807, 2.05) is 0 Å². The van der Waals surface area contributed by atoms with Crippen LogP contribution in [0, 0.1) is 0 Å². The van der Waals surface area contributed by atoms with E-state index in [9.17, 15) is 24.2 Å². The molecule has 1 unspecified atom stereocenters. The SMILES string of the molecule is CCCCC/C=C/C/C=C/C/C=C/CCCCCCC(=O)O[C@H](COC(=O)CCCCCCCCCCCCCCCCCCCCCC)COP(=O)(O)OC[C@@H](O)CO. The second-order valence-electron chi connectivity index (χ2n) is 16.5. The van der Waals surface area contributed by atoms with E-state index < -0.39 is 51.8 Å². The van der Waals surface area contributed by atoms with Gasteiger partial charge in [0.2, 0.25) is 0 Å². The van der Waals surface area contributed by atoms with E-state index in [2.05, 4.69) is 50.3 Å². The van der Waals surface area contributed by atoms with Crippen LogP contribution in [0.1, 0.15) is 226 Å². The minimum Gasteiger partial charge on any atom is -0.462 e. The molecule has 3 atom stereocenters. The molecule has 0 aliphatic rings. The first-order chi connectivity index (χ1) is 29.2. The van der Waals surface area contributed by atoms with Gasteiger partial charge in [-0.25, -0.2) is 4.57 Å². The lowest BCUT2D eigenvalue weighted by molar-refractivity contribution is -0.161. The van der Waals surface area contributed by atoms with Crippen molar-refractivity contribution >= 4 is 19.8 Å². The quantitative estimate of drug-likeness (QED) is 0.0234. The molecule has 0 spiro atoms. The first kappa shape index (κ1) is 58.2. The number of hydrogen-bond donors (Lipinski definition) is 3. The highest BCUT2D eigenvalue weighted by Crippen LogP contribution is 2.43. The number of esters is 2. The molecule has 0 bridgehead atoms. The van der Waals surface area contributed by atoms with Gasteiger partial charge in [0.1, 0.15) is 12.7 Å². The lowest BCUT2D eigenvalue weighted by Crippen LogP contribution is -2.29. The Labute approximate surface area is 367 Å². The largest absolute Gasteiger partial charge is 0.472 e. The molecule has 0 aromatic carbocycles. The van der Waals surface area contributed by atoms with Crippen LogP contribution in [0.4, 0.5) is 0 Å². The molecule has 0 fully saturated rings. The van der Waals surface area contributed by atoms with E-state index in [1.165, 1.54) is 128 Å². The molecule has 10 nitrogen and oxygen atoms in total. The summed E-state index contributed by atoms with van der Waals surface area (Å²) in [6.07, 6.45) is 48.2. The first-order valence-corrected chi connectivity index (χ1v) is 25.9. The van der Waals surface area contributed by atoms with Crippen LogP contribution in [-0.4, -0.2) is 65.7 Å². The maximum Gasteiger partial charge on any atom is 0.472 e. The number of rotatable bonds is 46. The summed E-state index contributed by atoms with van der Waals surface area (Å²) in [7, 11) is -4.63. The van der Waals surface area contributed by atoms with E-state index in [0.29, 0.717) is 12.8 Å². The van der Waals surface area contributed by atoms with Gasteiger partial charge in [-0.05, 0) is 51.4 Å². The molecule has 0 amide bonds. The fourth-order valence-corrected chi connectivity index (χ4v) is 7.56. The zero-order valence-electron chi connectivity index (χ0n) is 38.4. The van der Waals surface area contributed by atoms with Gasteiger partial charge in [0, 0.05) is 12.8 Å². The van der Waals surface area contributed by atoms with Gasteiger partial charge in [-0.1, -0.05) is 198 Å². The smallest absolute Gasteiger partial charge is 0.462 e. The van der Waals surface area contributed by atoms with Crippen LogP contribution in [0.3, 0.4) is 0 Å². The van der Waals surface area contributed by atoms with Crippen LogP contribution < -0.4 is 0 Å². The van der Waals surface area contributed by atoms with Crippen LogP contribution >= 0.6 is 7.82 Å². The van der Waals surface area contributed by atoms with Crippen molar-refractivity contribution in [1.82, 2.24) is 0 Å². The summed E-state index contributed by atoms with van der Waals surface area (Å²) < 4.78 is 32.8. The standard InChI is InChI=1S/C49H91O10P/c1-3-5-7-9-11-13-15-17-19-21-22-23-25-26-28-30-32-34-36-38-40-48(52)56-44-47(45-58-60(54,55)57-43-46(51)42-50)59-49(53)41-39-37-35-33-31-29-27-24-20-18-16-14-12-10-8-6-4-2/h12,14,18,20,27,29,46-47,50-51H,3-11,13,15-17,19,21-26,28,30-45H2,1-2H3,(H,54,55)/b14-12+,20-18+,29-27+/t46-,47+/m0/s1. The van der Waals surface area contributed by atoms with E-state index in [4.69, 9.17) is 23.6 Å². The molecule has 0 saturated carbocycles. The number of carbonyl (C=O) groups excluding carboxylic acids is 2. The summed E-state index contributed by atoms with van der Waals surface area (Å²) >= 11 is 0. The fraction of sp³-hybridized carbons (Fsp3) is 0.837. The van der Waals surface area contributed by atoms with E-state index in [0.717, 1.165) is 57.8 Å². The van der Waals surface area contributed by atoms with Crippen LogP contribution in [0.25, 0.3) is 0 Å². The predicted molar refractivity (Wildman–Crippen MR) is 247 cm³/mol. The minimum atomic E-state index is -4.63. The topological polar surface area (TPSA) is 149 Å². The third kappa shape index (κ3) is 44.3. The number of aliphatic hydroxyl groups is 2. The molecule has 0 aromatic rings. The van der Waals surface area contributed by atoms with E-state index in [1.54, 1.807) is 0 Å². The lowest BCUT2D eigenvalue weighted by atomic mass is 10.0. The molecule has 0 saturated heterocycles. The first-order valence-electron chi connectivity index (χ1n) is 24.4. The summed E-state index contributed by atoms with van der Waals surface area (Å²) in [4.78, 5) is 35.1. The van der Waals surface area contributed by atoms with Gasteiger partial charge in [0.05, 0.1) is 19.8 Å². The van der Waals surface area contributed by atoms with Crippen molar-refractivity contribution in [3.05, 3.63) is 36.5 Å². The molecule has 3 N–H and O–H groups in total. The molecule has 11 heteroatoms. The van der Waals surface area contributed by atoms with Crippen molar-refractivity contribution in [3.63, 3.8) is 0 Å². The molecular weight excluding hydrogens is 780 g/mol. The van der Waals surface area contributed by atoms with Crippen molar-refractivity contribution in [3.8, 4) is 0 Å². The van der Waals surface area contributed by atoms with Crippen molar-refractivity contribution in [1.29, 1.82) is 0 Å². The Morgan fingerprint density at radius 1 is 0.500 bits per heavy atom. The Bertz CT molecular complexity index is 1090. The van der Waals surface area contributed by atoms with Crippen molar-refractivity contribution in [2.24, 2.45) is 0 Å². The van der Waals surface area contributed by atoms with E-state index >= 15 is 0 Å². The highest BCUT2D eigenvalue weighted by atomic mass is 31.2. The maximum atomic E-state index is 12.6. The zero-order chi connectivity index (χ0) is 44.0. The molecule has 0 heterocycles. The third-order valence-corrected chi connectivity index (χ3v) is 11.5. The molecule has 0 radical (unpaired) electrons. The Balaban J connectivity index is 4.22. The minimum absolute atomic E-state index is 0.160. The lowest BCUT2D eigenvalue weighted by Gasteiger charge is -2.20. The highest BCUT2D eigenvalue weighted by molar-refractivity contribution is 7.47. The molecule has 352 valence electrons. The van der Waals surface area contributed by atoms with Crippen molar-refractivity contribution in [2.45, 2.75) is 238 Å². The molecule has 0 rings (SSSR count).